The second kappa shape index (κ2) is 8.74. The molecule has 0 saturated heterocycles. The summed E-state index contributed by atoms with van der Waals surface area (Å²) in [6, 6.07) is 16.7. The third kappa shape index (κ3) is 5.12. The zero-order valence-electron chi connectivity index (χ0n) is 13.8. The molecule has 0 aliphatic carbocycles. The van der Waals surface area contributed by atoms with Crippen LogP contribution in [0.1, 0.15) is 22.8 Å². The van der Waals surface area contributed by atoms with E-state index in [1.54, 1.807) is 18.3 Å². The molecule has 0 radical (unpaired) electrons. The third-order valence-corrected chi connectivity index (χ3v) is 4.76. The first kappa shape index (κ1) is 19.0. The summed E-state index contributed by atoms with van der Waals surface area (Å²) >= 11 is 18.4. The number of anilines is 1. The number of hydrogen-bond donors (Lipinski definition) is 1. The van der Waals surface area contributed by atoms with Crippen LogP contribution >= 0.6 is 34.8 Å². The van der Waals surface area contributed by atoms with Crippen LogP contribution in [0.5, 0.6) is 0 Å². The minimum Gasteiger partial charge on any atom is -0.384 e. The summed E-state index contributed by atoms with van der Waals surface area (Å²) < 4.78 is 6.18. The van der Waals surface area contributed by atoms with E-state index in [0.717, 1.165) is 16.7 Å². The molecule has 0 amide bonds. The highest BCUT2D eigenvalue weighted by Gasteiger charge is 2.17. The average molecular weight is 408 g/mol. The molecule has 0 aliphatic heterocycles. The predicted octanol–water partition coefficient (Wildman–Crippen LogP) is 6.12. The molecule has 0 aliphatic rings. The van der Waals surface area contributed by atoms with Crippen LogP contribution < -0.4 is 5.73 Å². The molecule has 0 fully saturated rings. The van der Waals surface area contributed by atoms with Crippen molar-refractivity contribution in [2.24, 2.45) is 0 Å². The highest BCUT2D eigenvalue weighted by atomic mass is 35.5. The van der Waals surface area contributed by atoms with Crippen molar-refractivity contribution in [3.05, 3.63) is 92.6 Å². The number of halogens is 3. The molecule has 0 spiro atoms. The molecule has 3 nitrogen and oxygen atoms in total. The van der Waals surface area contributed by atoms with Gasteiger partial charge in [0.15, 0.2) is 0 Å². The number of aromatic nitrogens is 1. The number of nitrogens with two attached hydrogens (primary N) is 1. The number of pyridine rings is 1. The lowest BCUT2D eigenvalue weighted by Crippen LogP contribution is -2.09. The largest absolute Gasteiger partial charge is 0.384 e. The van der Waals surface area contributed by atoms with Gasteiger partial charge >= 0.3 is 0 Å². The minimum absolute atomic E-state index is 0.249. The number of nitrogens with zero attached hydrogens (tertiary/aromatic N) is 1. The van der Waals surface area contributed by atoms with Gasteiger partial charge in [-0.1, -0.05) is 59.1 Å². The summed E-state index contributed by atoms with van der Waals surface area (Å²) in [4.78, 5) is 4.14. The summed E-state index contributed by atoms with van der Waals surface area (Å²) in [5, 5.41) is 1.85. The van der Waals surface area contributed by atoms with Gasteiger partial charge in [0.25, 0.3) is 0 Å². The highest BCUT2D eigenvalue weighted by molar-refractivity contribution is 6.35. The number of nitrogen functional groups attached to an aromatic ring is 1. The maximum absolute atomic E-state index is 6.40. The van der Waals surface area contributed by atoms with Gasteiger partial charge in [0.05, 0.1) is 12.7 Å². The number of benzene rings is 2. The van der Waals surface area contributed by atoms with Gasteiger partial charge in [-0.3, -0.25) is 0 Å². The maximum atomic E-state index is 6.40. The molecule has 2 aromatic carbocycles. The second-order valence-corrected chi connectivity index (χ2v) is 7.17. The van der Waals surface area contributed by atoms with Crippen LogP contribution in [-0.4, -0.2) is 4.98 Å². The van der Waals surface area contributed by atoms with E-state index in [9.17, 15) is 0 Å². The van der Waals surface area contributed by atoms with Crippen molar-refractivity contribution in [2.75, 3.05) is 5.73 Å². The highest BCUT2D eigenvalue weighted by Crippen LogP contribution is 2.31. The van der Waals surface area contributed by atoms with Crippen molar-refractivity contribution in [1.82, 2.24) is 4.98 Å². The topological polar surface area (TPSA) is 48.1 Å². The molecule has 6 heteroatoms. The molecule has 3 rings (SSSR count). The summed E-state index contributed by atoms with van der Waals surface area (Å²) in [7, 11) is 0. The van der Waals surface area contributed by atoms with Gasteiger partial charge < -0.3 is 10.5 Å². The monoisotopic (exact) mass is 406 g/mol. The van der Waals surface area contributed by atoms with Crippen molar-refractivity contribution in [3.63, 3.8) is 0 Å². The smallest absolute Gasteiger partial charge is 0.123 e. The van der Waals surface area contributed by atoms with Gasteiger partial charge in [-0.15, -0.1) is 0 Å². The third-order valence-electron chi connectivity index (χ3n) is 3.94. The predicted molar refractivity (Wildman–Crippen MR) is 108 cm³/mol. The van der Waals surface area contributed by atoms with E-state index in [1.807, 2.05) is 42.5 Å². The van der Waals surface area contributed by atoms with Crippen molar-refractivity contribution >= 4 is 40.6 Å². The van der Waals surface area contributed by atoms with E-state index in [-0.39, 0.29) is 6.10 Å². The van der Waals surface area contributed by atoms with Crippen LogP contribution in [0.15, 0.2) is 60.8 Å². The Morgan fingerprint density at radius 3 is 2.23 bits per heavy atom. The number of ether oxygens (including phenoxy) is 1. The number of hydrogen-bond acceptors (Lipinski definition) is 3. The van der Waals surface area contributed by atoms with Gasteiger partial charge in [-0.2, -0.15) is 0 Å². The Bertz CT molecular complexity index is 867. The van der Waals surface area contributed by atoms with Crippen LogP contribution in [0, 0.1) is 0 Å². The van der Waals surface area contributed by atoms with E-state index >= 15 is 0 Å². The van der Waals surface area contributed by atoms with E-state index in [4.69, 9.17) is 45.3 Å². The zero-order chi connectivity index (χ0) is 18.5. The molecule has 1 unspecified atom stereocenters. The fourth-order valence-corrected chi connectivity index (χ4v) is 3.23. The van der Waals surface area contributed by atoms with Gasteiger partial charge in [0.1, 0.15) is 5.82 Å². The molecule has 2 N–H and O–H groups in total. The number of rotatable bonds is 6. The molecule has 26 heavy (non-hydrogen) atoms. The first-order valence-corrected chi connectivity index (χ1v) is 9.16. The van der Waals surface area contributed by atoms with Gasteiger partial charge in [-0.25, -0.2) is 4.98 Å². The van der Waals surface area contributed by atoms with Crippen LogP contribution in [-0.2, 0) is 17.8 Å². The molecular weight excluding hydrogens is 391 g/mol. The Morgan fingerprint density at radius 1 is 0.885 bits per heavy atom. The second-order valence-electron chi connectivity index (χ2n) is 5.89. The first-order chi connectivity index (χ1) is 12.5. The molecule has 1 heterocycles. The standard InChI is InChI=1S/C20H17Cl3N2O/c21-15-4-1-13(2-5-15)12-26-19(9-14-3-8-20(24)25-11-14)17-7-6-16(22)10-18(17)23/h1-8,10-11,19H,9,12H2,(H2,24,25). The molecule has 3 aromatic rings. The van der Waals surface area contributed by atoms with E-state index in [1.165, 1.54) is 0 Å². The summed E-state index contributed by atoms with van der Waals surface area (Å²) in [6.45, 7) is 0.434. The van der Waals surface area contributed by atoms with Crippen molar-refractivity contribution in [1.29, 1.82) is 0 Å². The molecular formula is C20H17Cl3N2O. The molecule has 1 atom stereocenters. The van der Waals surface area contributed by atoms with E-state index in [0.29, 0.717) is 33.9 Å². The van der Waals surface area contributed by atoms with Crippen LogP contribution in [0.4, 0.5) is 5.82 Å². The van der Waals surface area contributed by atoms with Crippen LogP contribution in [0.2, 0.25) is 15.1 Å². The zero-order valence-corrected chi connectivity index (χ0v) is 16.1. The SMILES string of the molecule is Nc1ccc(CC(OCc2ccc(Cl)cc2)c2ccc(Cl)cc2Cl)cn1. The van der Waals surface area contributed by atoms with Crippen LogP contribution in [0.25, 0.3) is 0 Å². The minimum atomic E-state index is -0.249. The Kier molecular flexibility index (Phi) is 6.38. The molecule has 134 valence electrons. The Labute approximate surface area is 167 Å². The lowest BCUT2D eigenvalue weighted by Gasteiger charge is -2.20. The van der Waals surface area contributed by atoms with Crippen molar-refractivity contribution < 1.29 is 4.74 Å². The fraction of sp³-hybridized carbons (Fsp3) is 0.150. The first-order valence-electron chi connectivity index (χ1n) is 8.02. The normalized spacial score (nSPS) is 12.1. The Hall–Kier alpha value is -1.78. The molecule has 0 bridgehead atoms. The average Bonchev–Trinajstić information content (AvgIpc) is 2.62. The van der Waals surface area contributed by atoms with Crippen molar-refractivity contribution in [3.8, 4) is 0 Å². The lowest BCUT2D eigenvalue weighted by molar-refractivity contribution is 0.0399. The Balaban J connectivity index is 1.82. The van der Waals surface area contributed by atoms with Gasteiger partial charge in [-0.05, 0) is 47.0 Å². The maximum Gasteiger partial charge on any atom is 0.123 e. The lowest BCUT2D eigenvalue weighted by atomic mass is 10.0. The van der Waals surface area contributed by atoms with Crippen LogP contribution in [0.3, 0.4) is 0 Å². The summed E-state index contributed by atoms with van der Waals surface area (Å²) in [5.74, 6) is 0.483. The van der Waals surface area contributed by atoms with Gasteiger partial charge in [0, 0.05) is 27.7 Å². The quantitative estimate of drug-likeness (QED) is 0.535. The van der Waals surface area contributed by atoms with E-state index < -0.39 is 0 Å². The molecule has 1 aromatic heterocycles. The summed E-state index contributed by atoms with van der Waals surface area (Å²) in [5.41, 5.74) is 8.58. The fourth-order valence-electron chi connectivity index (χ4n) is 2.57. The Morgan fingerprint density at radius 2 is 1.58 bits per heavy atom. The summed E-state index contributed by atoms with van der Waals surface area (Å²) in [6.07, 6.45) is 2.11. The molecule has 0 saturated carbocycles. The van der Waals surface area contributed by atoms with E-state index in [2.05, 4.69) is 4.98 Å². The van der Waals surface area contributed by atoms with Crippen molar-refractivity contribution in [2.45, 2.75) is 19.1 Å². The van der Waals surface area contributed by atoms with Gasteiger partial charge in [0.2, 0.25) is 0 Å².